The van der Waals surface area contributed by atoms with Crippen LogP contribution in [-0.2, 0) is 12.8 Å². The molecule has 3 aromatic rings. The zero-order valence-corrected chi connectivity index (χ0v) is 15.6. The van der Waals surface area contributed by atoms with E-state index in [0.717, 1.165) is 11.5 Å². The fourth-order valence-corrected chi connectivity index (χ4v) is 3.39. The van der Waals surface area contributed by atoms with E-state index >= 15 is 0 Å². The molecule has 0 bridgehead atoms. The van der Waals surface area contributed by atoms with E-state index in [1.807, 2.05) is 6.92 Å². The lowest BCUT2D eigenvalue weighted by atomic mass is 10.0. The number of carbonyl (C=O) groups excluding carboxylic acids is 1. The first-order chi connectivity index (χ1) is 13.0. The highest BCUT2D eigenvalue weighted by Gasteiger charge is 2.21. The Bertz CT molecular complexity index is 999. The monoisotopic (exact) mass is 387 g/mol. The van der Waals surface area contributed by atoms with E-state index < -0.39 is 6.04 Å². The minimum Gasteiger partial charge on any atom is -0.344 e. The molecule has 2 N–H and O–H groups in total. The Morgan fingerprint density at radius 1 is 1.33 bits per heavy atom. The summed E-state index contributed by atoms with van der Waals surface area (Å²) in [6, 6.07) is 6.77. The van der Waals surface area contributed by atoms with Crippen LogP contribution < -0.4 is 10.9 Å². The number of hydrogen-bond donors (Lipinski definition) is 2. The molecule has 7 nitrogen and oxygen atoms in total. The van der Waals surface area contributed by atoms with Gasteiger partial charge in [0.2, 0.25) is 0 Å². The van der Waals surface area contributed by atoms with E-state index in [4.69, 9.17) is 0 Å². The first kappa shape index (κ1) is 18.8. The molecule has 3 rings (SSSR count). The van der Waals surface area contributed by atoms with E-state index in [9.17, 15) is 14.0 Å². The number of nitrogens with zero attached hydrogens (tertiary/aromatic N) is 3. The van der Waals surface area contributed by atoms with Crippen LogP contribution in [0.5, 0.6) is 0 Å². The number of amides is 1. The number of carbonyl (C=O) groups is 1. The van der Waals surface area contributed by atoms with Crippen LogP contribution in [0, 0.1) is 12.7 Å². The summed E-state index contributed by atoms with van der Waals surface area (Å²) in [5.41, 5.74) is 1.60. The van der Waals surface area contributed by atoms with Crippen LogP contribution in [0.3, 0.4) is 0 Å². The lowest BCUT2D eigenvalue weighted by molar-refractivity contribution is 0.0939. The molecule has 9 heteroatoms. The third kappa shape index (κ3) is 4.62. The smallest absolute Gasteiger partial charge is 0.265 e. The summed E-state index contributed by atoms with van der Waals surface area (Å²) >= 11 is 1.03. The van der Waals surface area contributed by atoms with Crippen molar-refractivity contribution in [1.82, 2.24) is 24.9 Å². The highest BCUT2D eigenvalue weighted by atomic mass is 32.1. The minimum absolute atomic E-state index is 0.262. The zero-order valence-electron chi connectivity index (χ0n) is 14.8. The second-order valence-electron chi connectivity index (χ2n) is 6.01. The van der Waals surface area contributed by atoms with E-state index in [-0.39, 0.29) is 23.7 Å². The molecule has 0 aliphatic rings. The van der Waals surface area contributed by atoms with Crippen LogP contribution in [0.25, 0.3) is 0 Å². The van der Waals surface area contributed by atoms with Gasteiger partial charge in [0.05, 0.1) is 17.4 Å². The van der Waals surface area contributed by atoms with Gasteiger partial charge in [0.1, 0.15) is 16.5 Å². The second-order valence-corrected chi connectivity index (χ2v) is 6.76. The molecule has 27 heavy (non-hydrogen) atoms. The highest BCUT2D eigenvalue weighted by Crippen LogP contribution is 2.20. The standard InChI is InChI=1S/C18H18FN5O2S/c1-3-14-17(27-24-23-14)18(26)22-15(11-4-6-12(19)7-5-11)8-13-9-16(25)21-10(2)20-13/h4-7,9,15H,3,8H2,1-2H3,(H,22,26)(H,20,21,25). The van der Waals surface area contributed by atoms with Crippen molar-refractivity contribution in [3.8, 4) is 0 Å². The summed E-state index contributed by atoms with van der Waals surface area (Å²) in [7, 11) is 0. The van der Waals surface area contributed by atoms with Gasteiger partial charge in [-0.15, -0.1) is 5.10 Å². The number of H-pyrrole nitrogens is 1. The number of aryl methyl sites for hydroxylation is 2. The summed E-state index contributed by atoms with van der Waals surface area (Å²) in [5.74, 6) is -0.187. The van der Waals surface area contributed by atoms with Gasteiger partial charge in [-0.25, -0.2) is 9.37 Å². The Balaban J connectivity index is 1.91. The number of aromatic nitrogens is 4. The second kappa shape index (κ2) is 8.17. The van der Waals surface area contributed by atoms with Gasteiger partial charge in [0, 0.05) is 12.5 Å². The molecule has 140 valence electrons. The molecule has 1 amide bonds. The van der Waals surface area contributed by atoms with Gasteiger partial charge in [-0.2, -0.15) is 0 Å². The summed E-state index contributed by atoms with van der Waals surface area (Å²) in [4.78, 5) is 31.8. The molecule has 1 aromatic carbocycles. The van der Waals surface area contributed by atoms with Crippen molar-refractivity contribution in [1.29, 1.82) is 0 Å². The number of nitrogens with one attached hydrogen (secondary N) is 2. The first-order valence-electron chi connectivity index (χ1n) is 8.40. The predicted octanol–water partition coefficient (Wildman–Crippen LogP) is 2.35. The van der Waals surface area contributed by atoms with Crippen molar-refractivity contribution in [3.05, 3.63) is 74.2 Å². The van der Waals surface area contributed by atoms with Crippen LogP contribution in [0.2, 0.25) is 0 Å². The molecule has 0 radical (unpaired) electrons. The van der Waals surface area contributed by atoms with Gasteiger partial charge < -0.3 is 10.3 Å². The fraction of sp³-hybridized carbons (Fsp3) is 0.278. The number of halogens is 1. The Morgan fingerprint density at radius 3 is 2.74 bits per heavy atom. The van der Waals surface area contributed by atoms with Gasteiger partial charge in [-0.1, -0.05) is 23.5 Å². The van der Waals surface area contributed by atoms with Crippen LogP contribution in [-0.4, -0.2) is 25.5 Å². The molecule has 2 heterocycles. The molecule has 0 aliphatic heterocycles. The molecule has 1 unspecified atom stereocenters. The lowest BCUT2D eigenvalue weighted by Crippen LogP contribution is -2.30. The maximum atomic E-state index is 13.3. The van der Waals surface area contributed by atoms with Crippen LogP contribution in [0.4, 0.5) is 4.39 Å². The number of benzene rings is 1. The molecule has 0 aliphatic carbocycles. The van der Waals surface area contributed by atoms with Gasteiger partial charge >= 0.3 is 0 Å². The van der Waals surface area contributed by atoms with Gasteiger partial charge in [-0.3, -0.25) is 9.59 Å². The zero-order chi connectivity index (χ0) is 19.4. The molecule has 0 saturated heterocycles. The third-order valence-electron chi connectivity index (χ3n) is 4.00. The SMILES string of the molecule is CCc1nnsc1C(=O)NC(Cc1cc(=O)[nH]c(C)n1)c1ccc(F)cc1. The number of aromatic amines is 1. The average molecular weight is 387 g/mol. The number of rotatable bonds is 6. The van der Waals surface area contributed by atoms with Gasteiger partial charge in [0.15, 0.2) is 0 Å². The van der Waals surface area contributed by atoms with Crippen LogP contribution in [0.15, 0.2) is 35.1 Å². The molecule has 0 saturated carbocycles. The van der Waals surface area contributed by atoms with Crippen molar-refractivity contribution in [2.75, 3.05) is 0 Å². The minimum atomic E-state index is -0.487. The maximum Gasteiger partial charge on any atom is 0.265 e. The molecule has 2 aromatic heterocycles. The van der Waals surface area contributed by atoms with E-state index in [2.05, 4.69) is 24.9 Å². The van der Waals surface area contributed by atoms with Gasteiger partial charge in [0.25, 0.3) is 11.5 Å². The van der Waals surface area contributed by atoms with Crippen molar-refractivity contribution in [2.24, 2.45) is 0 Å². The quantitative estimate of drug-likeness (QED) is 0.676. The van der Waals surface area contributed by atoms with Crippen molar-refractivity contribution >= 4 is 17.4 Å². The van der Waals surface area contributed by atoms with E-state index in [1.165, 1.54) is 18.2 Å². The summed E-state index contributed by atoms with van der Waals surface area (Å²) in [6.45, 7) is 3.58. The molecular formula is C18H18FN5O2S. The largest absolute Gasteiger partial charge is 0.344 e. The lowest BCUT2D eigenvalue weighted by Gasteiger charge is -2.19. The molecule has 0 fully saturated rings. The average Bonchev–Trinajstić information content (AvgIpc) is 3.10. The third-order valence-corrected chi connectivity index (χ3v) is 4.77. The number of hydrogen-bond acceptors (Lipinski definition) is 6. The Labute approximate surface area is 158 Å². The van der Waals surface area contributed by atoms with Crippen molar-refractivity contribution < 1.29 is 9.18 Å². The Hall–Kier alpha value is -2.94. The molecule has 1 atom stereocenters. The Kier molecular flexibility index (Phi) is 5.70. The highest BCUT2D eigenvalue weighted by molar-refractivity contribution is 7.08. The maximum absolute atomic E-state index is 13.3. The summed E-state index contributed by atoms with van der Waals surface area (Å²) in [6.07, 6.45) is 0.880. The first-order valence-corrected chi connectivity index (χ1v) is 9.18. The topological polar surface area (TPSA) is 101 Å². The van der Waals surface area contributed by atoms with Crippen LogP contribution in [0.1, 0.15) is 45.4 Å². The molecule has 0 spiro atoms. The van der Waals surface area contributed by atoms with Crippen molar-refractivity contribution in [3.63, 3.8) is 0 Å². The molecular weight excluding hydrogens is 369 g/mol. The van der Waals surface area contributed by atoms with E-state index in [0.29, 0.717) is 34.1 Å². The predicted molar refractivity (Wildman–Crippen MR) is 99.2 cm³/mol. The summed E-state index contributed by atoms with van der Waals surface area (Å²) in [5, 5.41) is 6.89. The van der Waals surface area contributed by atoms with Crippen LogP contribution >= 0.6 is 11.5 Å². The van der Waals surface area contributed by atoms with Crippen molar-refractivity contribution in [2.45, 2.75) is 32.7 Å². The van der Waals surface area contributed by atoms with E-state index in [1.54, 1.807) is 19.1 Å². The Morgan fingerprint density at radius 2 is 2.07 bits per heavy atom. The fourth-order valence-electron chi connectivity index (χ4n) is 2.74. The van der Waals surface area contributed by atoms with Gasteiger partial charge in [-0.05, 0) is 42.6 Å². The summed E-state index contributed by atoms with van der Waals surface area (Å²) < 4.78 is 17.1. The normalized spacial score (nSPS) is 12.0.